The number of nitrogens with two attached hydrogens (primary N) is 1. The Morgan fingerprint density at radius 2 is 1.75 bits per heavy atom. The van der Waals surface area contributed by atoms with E-state index in [1.165, 1.54) is 6.33 Å². The molecule has 0 saturated carbocycles. The van der Waals surface area contributed by atoms with Gasteiger partial charge in [-0.1, -0.05) is 0 Å². The van der Waals surface area contributed by atoms with E-state index in [2.05, 4.69) is 24.2 Å². The molecule has 2 aromatic heterocycles. The van der Waals surface area contributed by atoms with Crippen LogP contribution in [0.5, 0.6) is 0 Å². The summed E-state index contributed by atoms with van der Waals surface area (Å²) >= 11 is 0. The molecule has 20 heavy (non-hydrogen) atoms. The highest BCUT2D eigenvalue weighted by Crippen LogP contribution is 2.53. The number of aromatic nitrogens is 4. The van der Waals surface area contributed by atoms with E-state index in [0.717, 1.165) is 0 Å². The summed E-state index contributed by atoms with van der Waals surface area (Å²) in [5, 5.41) is 0. The SMILES string of the molecule is Nc1nc(F)nc2nc[nH]c12.O=P(O)(O)OP(=O)(O)O. The van der Waals surface area contributed by atoms with Crippen LogP contribution in [0.3, 0.4) is 0 Å². The third-order valence-electron chi connectivity index (χ3n) is 1.50. The summed E-state index contributed by atoms with van der Waals surface area (Å²) < 4.78 is 34.6. The number of fused-ring (bicyclic) bond motifs is 1. The van der Waals surface area contributed by atoms with Crippen LogP contribution in [0.15, 0.2) is 6.33 Å². The van der Waals surface area contributed by atoms with E-state index >= 15 is 0 Å². The lowest BCUT2D eigenvalue weighted by Crippen LogP contribution is -1.97. The first-order chi connectivity index (χ1) is 8.98. The number of hydrogen-bond acceptors (Lipinski definition) is 7. The van der Waals surface area contributed by atoms with Gasteiger partial charge in [0, 0.05) is 0 Å². The molecule has 0 saturated heterocycles. The summed E-state index contributed by atoms with van der Waals surface area (Å²) in [7, 11) is -10.1. The van der Waals surface area contributed by atoms with Crippen molar-refractivity contribution in [2.45, 2.75) is 0 Å². The normalized spacial score (nSPS) is 12.1. The van der Waals surface area contributed by atoms with Crippen LogP contribution in [0.1, 0.15) is 0 Å². The number of phosphoric acid groups is 2. The zero-order valence-corrected chi connectivity index (χ0v) is 11.1. The number of nitrogens with one attached hydrogen (secondary N) is 1. The zero-order chi connectivity index (χ0) is 15.6. The van der Waals surface area contributed by atoms with E-state index < -0.39 is 21.7 Å². The average molecular weight is 331 g/mol. The van der Waals surface area contributed by atoms with Gasteiger partial charge in [-0.05, 0) is 0 Å². The van der Waals surface area contributed by atoms with Crippen molar-refractivity contribution >= 4 is 32.6 Å². The van der Waals surface area contributed by atoms with Crippen LogP contribution >= 0.6 is 15.6 Å². The van der Waals surface area contributed by atoms with Gasteiger partial charge in [-0.15, -0.1) is 0 Å². The molecule has 0 fully saturated rings. The average Bonchev–Trinajstić information content (AvgIpc) is 2.59. The minimum atomic E-state index is -5.05. The van der Waals surface area contributed by atoms with Gasteiger partial charge in [-0.25, -0.2) is 14.1 Å². The summed E-state index contributed by atoms with van der Waals surface area (Å²) in [5.41, 5.74) is 6.05. The van der Waals surface area contributed by atoms with Crippen molar-refractivity contribution in [2.75, 3.05) is 5.73 Å². The van der Waals surface area contributed by atoms with Gasteiger partial charge in [-0.3, -0.25) is 0 Å². The molecule has 0 aliphatic carbocycles. The molecule has 0 atom stereocenters. The molecule has 0 bridgehead atoms. The minimum Gasteiger partial charge on any atom is -0.382 e. The molecule has 2 heterocycles. The number of halogens is 1. The van der Waals surface area contributed by atoms with Crippen molar-refractivity contribution in [2.24, 2.45) is 0 Å². The molecule has 0 unspecified atom stereocenters. The second-order valence-electron chi connectivity index (χ2n) is 3.04. The van der Waals surface area contributed by atoms with E-state index in [9.17, 15) is 13.5 Å². The Labute approximate surface area is 109 Å². The van der Waals surface area contributed by atoms with Gasteiger partial charge in [0.25, 0.3) is 0 Å². The maximum Gasteiger partial charge on any atom is 0.478 e. The van der Waals surface area contributed by atoms with E-state index in [0.29, 0.717) is 5.52 Å². The number of anilines is 1. The Morgan fingerprint density at radius 1 is 1.20 bits per heavy atom. The molecule has 7 N–H and O–H groups in total. The van der Waals surface area contributed by atoms with Crippen LogP contribution in [-0.4, -0.2) is 39.5 Å². The van der Waals surface area contributed by atoms with Gasteiger partial charge in [0.15, 0.2) is 11.5 Å². The number of hydrogen-bond donors (Lipinski definition) is 6. The lowest BCUT2D eigenvalue weighted by Gasteiger charge is -2.03. The first kappa shape index (κ1) is 16.6. The van der Waals surface area contributed by atoms with Crippen molar-refractivity contribution in [1.29, 1.82) is 0 Å². The van der Waals surface area contributed by atoms with Crippen LogP contribution < -0.4 is 5.73 Å². The number of H-pyrrole nitrogens is 1. The highest BCUT2D eigenvalue weighted by molar-refractivity contribution is 7.60. The molecular weight excluding hydrogens is 323 g/mol. The highest BCUT2D eigenvalue weighted by atomic mass is 31.3. The van der Waals surface area contributed by atoms with E-state index in [-0.39, 0.29) is 11.5 Å². The van der Waals surface area contributed by atoms with E-state index in [1.54, 1.807) is 0 Å². The Bertz CT molecular complexity index is 674. The van der Waals surface area contributed by atoms with Crippen molar-refractivity contribution < 1.29 is 37.4 Å². The van der Waals surface area contributed by atoms with Crippen molar-refractivity contribution in [3.8, 4) is 0 Å². The van der Waals surface area contributed by atoms with Crippen LogP contribution in [0.4, 0.5) is 10.2 Å². The number of imidazole rings is 1. The predicted molar refractivity (Wildman–Crippen MR) is 61.2 cm³/mol. The third kappa shape index (κ3) is 5.67. The zero-order valence-electron chi connectivity index (χ0n) is 9.28. The molecule has 12 nitrogen and oxygen atoms in total. The third-order valence-corrected chi connectivity index (χ3v) is 3.20. The monoisotopic (exact) mass is 331 g/mol. The topological polar surface area (TPSA) is 205 Å². The fourth-order valence-corrected chi connectivity index (χ4v) is 2.08. The molecule has 2 rings (SSSR count). The van der Waals surface area contributed by atoms with Gasteiger partial charge in [0.05, 0.1) is 6.33 Å². The molecule has 112 valence electrons. The first-order valence-electron chi connectivity index (χ1n) is 4.42. The second kappa shape index (κ2) is 5.89. The Kier molecular flexibility index (Phi) is 4.89. The van der Waals surface area contributed by atoms with Crippen LogP contribution in [-0.2, 0) is 13.4 Å². The highest BCUT2D eigenvalue weighted by Gasteiger charge is 2.27. The van der Waals surface area contributed by atoms with Crippen molar-refractivity contribution in [3.63, 3.8) is 0 Å². The molecule has 0 amide bonds. The van der Waals surface area contributed by atoms with Gasteiger partial charge >= 0.3 is 21.7 Å². The van der Waals surface area contributed by atoms with Gasteiger partial charge in [0.1, 0.15) is 5.52 Å². The molecule has 15 heteroatoms. The van der Waals surface area contributed by atoms with E-state index in [1.807, 2.05) is 0 Å². The number of nitrogen functional groups attached to an aromatic ring is 1. The summed E-state index contributed by atoms with van der Waals surface area (Å²) in [6.07, 6.45) is 0.525. The first-order valence-corrected chi connectivity index (χ1v) is 7.48. The Hall–Kier alpha value is -1.46. The van der Waals surface area contributed by atoms with Crippen LogP contribution in [0.2, 0.25) is 0 Å². The molecule has 0 aliphatic heterocycles. The number of nitrogens with zero attached hydrogens (tertiary/aromatic N) is 3. The quantitative estimate of drug-likeness (QED) is 0.298. The van der Waals surface area contributed by atoms with E-state index in [4.69, 9.17) is 25.3 Å². The smallest absolute Gasteiger partial charge is 0.382 e. The Balaban J connectivity index is 0.000000206. The largest absolute Gasteiger partial charge is 0.478 e. The fourth-order valence-electron chi connectivity index (χ4n) is 0.967. The Morgan fingerprint density at radius 3 is 2.20 bits per heavy atom. The summed E-state index contributed by atoms with van der Waals surface area (Å²) in [6, 6.07) is 0. The summed E-state index contributed by atoms with van der Waals surface area (Å²) in [4.78, 5) is 44.1. The lowest BCUT2D eigenvalue weighted by atomic mass is 10.5. The predicted octanol–water partition coefficient (Wildman–Crippen LogP) is -0.737. The summed E-state index contributed by atoms with van der Waals surface area (Å²) in [6.45, 7) is 0. The second-order valence-corrected chi connectivity index (χ2v) is 5.66. The molecule has 0 spiro atoms. The van der Waals surface area contributed by atoms with Crippen molar-refractivity contribution in [3.05, 3.63) is 12.4 Å². The van der Waals surface area contributed by atoms with Gasteiger partial charge in [0.2, 0.25) is 0 Å². The maximum atomic E-state index is 12.4. The van der Waals surface area contributed by atoms with Crippen molar-refractivity contribution in [1.82, 2.24) is 19.9 Å². The molecule has 0 radical (unpaired) electrons. The molecule has 0 aliphatic rings. The van der Waals surface area contributed by atoms with Crippen LogP contribution in [0, 0.1) is 6.08 Å². The van der Waals surface area contributed by atoms with Gasteiger partial charge in [-0.2, -0.15) is 18.7 Å². The van der Waals surface area contributed by atoms with Gasteiger partial charge < -0.3 is 30.3 Å². The summed E-state index contributed by atoms with van der Waals surface area (Å²) in [5.74, 6) is 0.0741. The standard InChI is InChI=1S/C5H4FN5.H4O7P2/c6-5-10-3(7)2-4(11-5)9-1-8-2;1-8(2,3)7-9(4,5)6/h1H,(H3,7,8,9,10,11);(H2,1,2,3)(H2,4,5,6). The number of rotatable bonds is 2. The minimum absolute atomic E-state index is 0.0741. The van der Waals surface area contributed by atoms with Crippen LogP contribution in [0.25, 0.3) is 11.2 Å². The molecule has 2 aromatic rings. The lowest BCUT2D eigenvalue weighted by molar-refractivity contribution is 0.225. The fraction of sp³-hybridized carbons (Fsp3) is 0. The molecule has 0 aromatic carbocycles. The molecular formula is C5H8FN5O7P2. The maximum absolute atomic E-state index is 12.4. The number of aromatic amines is 1.